The van der Waals surface area contributed by atoms with Crippen molar-refractivity contribution < 1.29 is 10.3 Å². The number of hydrogen-bond donors (Lipinski definition) is 2. The second-order valence-corrected chi connectivity index (χ2v) is 4.70. The van der Waals surface area contributed by atoms with E-state index in [1.807, 2.05) is 55.5 Å². The molecule has 0 bridgehead atoms. The molecule has 0 fully saturated rings. The fourth-order valence-electron chi connectivity index (χ4n) is 2.26. The van der Waals surface area contributed by atoms with Crippen LogP contribution in [-0.4, -0.2) is 32.5 Å². The van der Waals surface area contributed by atoms with Gasteiger partial charge >= 0.3 is 0 Å². The molecule has 0 saturated carbocycles. The van der Waals surface area contributed by atoms with E-state index in [0.717, 1.165) is 15.9 Å². The summed E-state index contributed by atoms with van der Waals surface area (Å²) in [6.45, 7) is 1.56. The molecule has 0 aliphatic rings. The van der Waals surface area contributed by atoms with Gasteiger partial charge in [0.05, 0.1) is 5.52 Å². The van der Waals surface area contributed by atoms with Crippen molar-refractivity contribution in [3.8, 4) is 11.4 Å². The zero-order valence-corrected chi connectivity index (χ0v) is 11.6. The van der Waals surface area contributed by atoms with Gasteiger partial charge < -0.3 is 10.3 Å². The number of rotatable bonds is 3. The second kappa shape index (κ2) is 5.38. The van der Waals surface area contributed by atoms with Crippen LogP contribution in [0, 0.1) is 0 Å². The maximum absolute atomic E-state index is 10.3. The van der Waals surface area contributed by atoms with Crippen LogP contribution >= 0.6 is 0 Å². The third-order valence-corrected chi connectivity index (χ3v) is 3.39. The molecule has 5 heteroatoms. The summed E-state index contributed by atoms with van der Waals surface area (Å²) in [5, 5.41) is 19.2. The van der Waals surface area contributed by atoms with Crippen molar-refractivity contribution in [2.24, 2.45) is 4.99 Å². The fraction of sp³-hybridized carbons (Fsp3) is 0.125. The number of hydrogen-bond acceptors (Lipinski definition) is 4. The predicted molar refractivity (Wildman–Crippen MR) is 81.7 cm³/mol. The smallest absolute Gasteiger partial charge is 0.176 e. The number of aliphatic hydroxyl groups excluding tert-OH is 1. The summed E-state index contributed by atoms with van der Waals surface area (Å²) in [6.07, 6.45) is 0. The first-order valence-corrected chi connectivity index (χ1v) is 6.60. The van der Waals surface area contributed by atoms with Crippen molar-refractivity contribution in [2.45, 2.75) is 6.92 Å². The molecule has 0 amide bonds. The van der Waals surface area contributed by atoms with Gasteiger partial charge in [0.1, 0.15) is 12.2 Å². The monoisotopic (exact) mass is 281 g/mol. The summed E-state index contributed by atoms with van der Waals surface area (Å²) >= 11 is 0. The Morgan fingerprint density at radius 2 is 1.95 bits per heavy atom. The van der Waals surface area contributed by atoms with Crippen LogP contribution in [0.2, 0.25) is 0 Å². The largest absolute Gasteiger partial charge is 0.426 e. The summed E-state index contributed by atoms with van der Waals surface area (Å²) in [4.78, 5) is 8.41. The lowest BCUT2D eigenvalue weighted by Gasteiger charge is -2.02. The highest BCUT2D eigenvalue weighted by Gasteiger charge is 2.12. The minimum absolute atomic E-state index is 0.252. The van der Waals surface area contributed by atoms with Crippen LogP contribution in [0.5, 0.6) is 0 Å². The van der Waals surface area contributed by atoms with Gasteiger partial charge in [-0.25, -0.2) is 4.98 Å². The number of nitrogens with zero attached hydrogens (tertiary/aromatic N) is 3. The molecule has 2 aromatic carbocycles. The first kappa shape index (κ1) is 13.3. The number of aliphatic hydroxyl groups is 1. The second-order valence-electron chi connectivity index (χ2n) is 4.70. The Bertz CT molecular complexity index is 807. The van der Waals surface area contributed by atoms with E-state index in [0.29, 0.717) is 22.6 Å². The molecule has 0 aliphatic carbocycles. The summed E-state index contributed by atoms with van der Waals surface area (Å²) in [7, 11) is 0. The van der Waals surface area contributed by atoms with E-state index in [1.54, 1.807) is 0 Å². The van der Waals surface area contributed by atoms with Crippen molar-refractivity contribution >= 4 is 16.7 Å². The average Bonchev–Trinajstić information content (AvgIpc) is 2.85. The van der Waals surface area contributed by atoms with Crippen LogP contribution in [0.4, 0.5) is 0 Å². The third-order valence-electron chi connectivity index (χ3n) is 3.39. The van der Waals surface area contributed by atoms with Gasteiger partial charge in [0.25, 0.3) is 0 Å². The number of aromatic nitrogens is 2. The number of fused-ring (bicyclic) bond motifs is 1. The van der Waals surface area contributed by atoms with E-state index in [9.17, 15) is 5.21 Å². The first-order chi connectivity index (χ1) is 10.2. The molecule has 5 nitrogen and oxygen atoms in total. The van der Waals surface area contributed by atoms with Crippen LogP contribution in [-0.2, 0) is 0 Å². The lowest BCUT2D eigenvalue weighted by molar-refractivity contribution is 0.203. The molecule has 0 atom stereocenters. The molecule has 3 rings (SSSR count). The van der Waals surface area contributed by atoms with Crippen LogP contribution in [0.15, 0.2) is 53.5 Å². The molecule has 3 aromatic rings. The summed E-state index contributed by atoms with van der Waals surface area (Å²) in [5.41, 5.74) is 3.71. The van der Waals surface area contributed by atoms with E-state index in [4.69, 9.17) is 5.11 Å². The minimum atomic E-state index is -0.252. The highest BCUT2D eigenvalue weighted by molar-refractivity contribution is 6.01. The Morgan fingerprint density at radius 3 is 2.67 bits per heavy atom. The zero-order valence-electron chi connectivity index (χ0n) is 11.6. The normalized spacial score (nSPS) is 12.0. The molecule has 1 heterocycles. The number of benzene rings is 2. The maximum atomic E-state index is 10.3. The summed E-state index contributed by atoms with van der Waals surface area (Å²) < 4.78 is 1.08. The molecule has 2 N–H and O–H groups in total. The quantitative estimate of drug-likeness (QED) is 0.573. The highest BCUT2D eigenvalue weighted by Crippen LogP contribution is 2.24. The van der Waals surface area contributed by atoms with Crippen LogP contribution in [0.1, 0.15) is 12.5 Å². The zero-order chi connectivity index (χ0) is 14.8. The molecule has 0 radical (unpaired) electrons. The van der Waals surface area contributed by atoms with E-state index >= 15 is 0 Å². The Balaban J connectivity index is 2.15. The predicted octanol–water partition coefficient (Wildman–Crippen LogP) is 2.70. The van der Waals surface area contributed by atoms with Crippen molar-refractivity contribution in [3.05, 3.63) is 54.1 Å². The third kappa shape index (κ3) is 2.39. The van der Waals surface area contributed by atoms with Gasteiger partial charge in [-0.1, -0.05) is 36.4 Å². The van der Waals surface area contributed by atoms with Crippen LogP contribution in [0.25, 0.3) is 22.4 Å². The molecule has 0 saturated heterocycles. The number of aliphatic imine (C=N–C) groups is 1. The maximum Gasteiger partial charge on any atom is 0.176 e. The fourth-order valence-corrected chi connectivity index (χ4v) is 2.26. The Labute approximate surface area is 121 Å². The van der Waals surface area contributed by atoms with Gasteiger partial charge in [-0.15, -0.1) is 0 Å². The molecule has 0 unspecified atom stereocenters. The van der Waals surface area contributed by atoms with Crippen LogP contribution < -0.4 is 0 Å². The lowest BCUT2D eigenvalue weighted by Crippen LogP contribution is -1.98. The molecule has 0 spiro atoms. The van der Waals surface area contributed by atoms with Crippen molar-refractivity contribution in [3.63, 3.8) is 0 Å². The molecule has 1 aromatic heterocycles. The molecular formula is C16H15N3O2. The van der Waals surface area contributed by atoms with E-state index in [-0.39, 0.29) is 6.73 Å². The average molecular weight is 281 g/mol. The van der Waals surface area contributed by atoms with E-state index in [1.165, 1.54) is 0 Å². The lowest BCUT2D eigenvalue weighted by atomic mass is 10.1. The molecule has 106 valence electrons. The van der Waals surface area contributed by atoms with Crippen molar-refractivity contribution in [1.82, 2.24) is 9.71 Å². The SMILES string of the molecule is C/C(=N/CO)c1ccc2nc(-c3ccccc3)n(O)c2c1. The molecule has 0 aliphatic heterocycles. The van der Waals surface area contributed by atoms with Gasteiger partial charge in [0.2, 0.25) is 0 Å². The van der Waals surface area contributed by atoms with Gasteiger partial charge in [0, 0.05) is 11.3 Å². The Morgan fingerprint density at radius 1 is 1.19 bits per heavy atom. The molecule has 21 heavy (non-hydrogen) atoms. The van der Waals surface area contributed by atoms with E-state index in [2.05, 4.69) is 9.98 Å². The van der Waals surface area contributed by atoms with E-state index < -0.39 is 0 Å². The topological polar surface area (TPSA) is 70.6 Å². The Kier molecular flexibility index (Phi) is 3.41. The molecular weight excluding hydrogens is 266 g/mol. The minimum Gasteiger partial charge on any atom is -0.426 e. The van der Waals surface area contributed by atoms with Crippen molar-refractivity contribution in [2.75, 3.05) is 6.73 Å². The van der Waals surface area contributed by atoms with Crippen molar-refractivity contribution in [1.29, 1.82) is 0 Å². The summed E-state index contributed by atoms with van der Waals surface area (Å²) in [6, 6.07) is 15.0. The highest BCUT2D eigenvalue weighted by atomic mass is 16.5. The van der Waals surface area contributed by atoms with Gasteiger partial charge in [-0.3, -0.25) is 4.99 Å². The van der Waals surface area contributed by atoms with Gasteiger partial charge in [-0.05, 0) is 24.6 Å². The first-order valence-electron chi connectivity index (χ1n) is 6.60. The number of imidazole rings is 1. The van der Waals surface area contributed by atoms with Gasteiger partial charge in [-0.2, -0.15) is 4.73 Å². The Hall–Kier alpha value is -2.66. The van der Waals surface area contributed by atoms with Gasteiger partial charge in [0.15, 0.2) is 5.82 Å². The summed E-state index contributed by atoms with van der Waals surface area (Å²) in [5.74, 6) is 0.500. The van der Waals surface area contributed by atoms with Crippen LogP contribution in [0.3, 0.4) is 0 Å². The standard InChI is InChI=1S/C16H15N3O2/c1-11(17-10-20)13-7-8-14-15(9-13)19(21)16(18-14)12-5-3-2-4-6-12/h2-9,20-21H,10H2,1H3/b17-11-.